The third kappa shape index (κ3) is 4.29. The van der Waals surface area contributed by atoms with Crippen LogP contribution in [0.25, 0.3) is 10.9 Å². The van der Waals surface area contributed by atoms with Crippen LogP contribution in [0.3, 0.4) is 0 Å². The Bertz CT molecular complexity index is 1130. The Morgan fingerprint density at radius 3 is 2.45 bits per heavy atom. The number of nitrogens with zero attached hydrogens (tertiary/aromatic N) is 2. The van der Waals surface area contributed by atoms with Gasteiger partial charge in [-0.2, -0.15) is 5.10 Å². The lowest BCUT2D eigenvalue weighted by molar-refractivity contribution is 0.0951. The topological polar surface area (TPSA) is 56.1 Å². The van der Waals surface area contributed by atoms with Gasteiger partial charge < -0.3 is 10.1 Å². The maximum atomic E-state index is 12.6. The van der Waals surface area contributed by atoms with Gasteiger partial charge in [-0.15, -0.1) is 0 Å². The molecule has 4 aromatic rings. The quantitative estimate of drug-likeness (QED) is 0.537. The maximum absolute atomic E-state index is 12.6. The van der Waals surface area contributed by atoms with Crippen LogP contribution in [0.4, 0.5) is 0 Å². The van der Waals surface area contributed by atoms with Gasteiger partial charge in [0.25, 0.3) is 5.91 Å². The molecule has 146 valence electrons. The molecule has 1 N–H and O–H groups in total. The number of aryl methyl sites for hydroxylation is 1. The number of carbonyl (C=O) groups excluding carboxylic acids is 1. The fraction of sp³-hybridized carbons (Fsp3) is 0.167. The number of hydrogen-bond acceptors (Lipinski definition) is 3. The van der Waals surface area contributed by atoms with Crippen LogP contribution in [0.1, 0.15) is 27.0 Å². The molecule has 1 amide bonds. The molecular weight excluding hydrogens is 362 g/mol. The Labute approximate surface area is 169 Å². The molecule has 0 aliphatic heterocycles. The second-order valence-corrected chi connectivity index (χ2v) is 7.09. The molecule has 0 unspecified atom stereocenters. The van der Waals surface area contributed by atoms with Crippen molar-refractivity contribution in [1.82, 2.24) is 15.1 Å². The van der Waals surface area contributed by atoms with Crippen LogP contribution in [-0.2, 0) is 13.1 Å². The van der Waals surface area contributed by atoms with Crippen LogP contribution in [-0.4, -0.2) is 22.8 Å². The Balaban J connectivity index is 1.49. The fourth-order valence-corrected chi connectivity index (χ4v) is 3.23. The third-order valence-corrected chi connectivity index (χ3v) is 4.97. The number of nitrogens with one attached hydrogen (secondary N) is 1. The highest BCUT2D eigenvalue weighted by molar-refractivity contribution is 5.97. The summed E-state index contributed by atoms with van der Waals surface area (Å²) in [5.74, 6) is 0.693. The Hall–Kier alpha value is -3.60. The minimum atomic E-state index is -0.106. The van der Waals surface area contributed by atoms with Crippen molar-refractivity contribution >= 4 is 16.8 Å². The molecule has 4 rings (SSSR count). The number of amides is 1. The van der Waals surface area contributed by atoms with Crippen molar-refractivity contribution in [3.05, 3.63) is 95.2 Å². The molecule has 3 aromatic carbocycles. The van der Waals surface area contributed by atoms with E-state index in [1.807, 2.05) is 53.3 Å². The highest BCUT2D eigenvalue weighted by Gasteiger charge is 2.10. The molecule has 0 aliphatic rings. The lowest BCUT2D eigenvalue weighted by Gasteiger charge is -2.08. The zero-order chi connectivity index (χ0) is 20.2. The van der Waals surface area contributed by atoms with Crippen LogP contribution in [0, 0.1) is 6.92 Å². The molecule has 5 heteroatoms. The van der Waals surface area contributed by atoms with Crippen molar-refractivity contribution in [3.8, 4) is 5.75 Å². The molecule has 0 bridgehead atoms. The van der Waals surface area contributed by atoms with Crippen molar-refractivity contribution in [2.45, 2.75) is 20.0 Å². The summed E-state index contributed by atoms with van der Waals surface area (Å²) in [6, 6.07) is 21.7. The van der Waals surface area contributed by atoms with Crippen LogP contribution in [0.5, 0.6) is 5.75 Å². The summed E-state index contributed by atoms with van der Waals surface area (Å²) in [7, 11) is 1.64. The Morgan fingerprint density at radius 2 is 1.72 bits per heavy atom. The van der Waals surface area contributed by atoms with E-state index >= 15 is 0 Å². The number of methoxy groups -OCH3 is 1. The molecule has 0 spiro atoms. The van der Waals surface area contributed by atoms with Gasteiger partial charge in [-0.25, -0.2) is 0 Å². The van der Waals surface area contributed by atoms with Gasteiger partial charge in [0.15, 0.2) is 0 Å². The van der Waals surface area contributed by atoms with E-state index < -0.39 is 0 Å². The monoisotopic (exact) mass is 385 g/mol. The van der Waals surface area contributed by atoms with Crippen molar-refractivity contribution in [2.75, 3.05) is 7.11 Å². The first-order chi connectivity index (χ1) is 14.1. The van der Waals surface area contributed by atoms with Gasteiger partial charge in [0.1, 0.15) is 5.75 Å². The average Bonchev–Trinajstić information content (AvgIpc) is 3.16. The predicted molar refractivity (Wildman–Crippen MR) is 114 cm³/mol. The predicted octanol–water partition coefficient (Wildman–Crippen LogP) is 4.33. The summed E-state index contributed by atoms with van der Waals surface area (Å²) in [6.45, 7) is 3.20. The molecule has 1 aromatic heterocycles. The molecule has 0 aliphatic carbocycles. The first kappa shape index (κ1) is 18.7. The summed E-state index contributed by atoms with van der Waals surface area (Å²) in [5, 5.41) is 8.49. The minimum Gasteiger partial charge on any atom is -0.497 e. The van der Waals surface area contributed by atoms with E-state index in [2.05, 4.69) is 41.6 Å². The summed E-state index contributed by atoms with van der Waals surface area (Å²) in [4.78, 5) is 12.6. The van der Waals surface area contributed by atoms with Crippen LogP contribution in [0.2, 0.25) is 0 Å². The second kappa shape index (κ2) is 8.19. The molecule has 0 saturated heterocycles. The largest absolute Gasteiger partial charge is 0.497 e. The molecule has 0 radical (unpaired) electrons. The highest BCUT2D eigenvalue weighted by atomic mass is 16.5. The third-order valence-electron chi connectivity index (χ3n) is 4.97. The zero-order valence-corrected chi connectivity index (χ0v) is 16.6. The van der Waals surface area contributed by atoms with Crippen LogP contribution >= 0.6 is 0 Å². The van der Waals surface area contributed by atoms with E-state index in [4.69, 9.17) is 4.74 Å². The molecule has 0 saturated carbocycles. The lowest BCUT2D eigenvalue weighted by atomic mass is 10.1. The number of ether oxygens (including phenoxy) is 1. The van der Waals surface area contributed by atoms with Gasteiger partial charge in [-0.05, 0) is 42.3 Å². The Morgan fingerprint density at radius 1 is 1.00 bits per heavy atom. The second-order valence-electron chi connectivity index (χ2n) is 7.09. The van der Waals surface area contributed by atoms with E-state index in [1.165, 1.54) is 11.1 Å². The van der Waals surface area contributed by atoms with Gasteiger partial charge in [0.05, 0.1) is 25.4 Å². The van der Waals surface area contributed by atoms with Crippen molar-refractivity contribution < 1.29 is 9.53 Å². The number of rotatable bonds is 6. The van der Waals surface area contributed by atoms with Gasteiger partial charge in [-0.1, -0.05) is 48.0 Å². The molecular formula is C24H23N3O2. The number of fused-ring (bicyclic) bond motifs is 1. The summed E-state index contributed by atoms with van der Waals surface area (Å²) in [5.41, 5.74) is 4.99. The molecule has 0 fully saturated rings. The number of aromatic nitrogens is 2. The minimum absolute atomic E-state index is 0.106. The van der Waals surface area contributed by atoms with Crippen molar-refractivity contribution in [3.63, 3.8) is 0 Å². The van der Waals surface area contributed by atoms with E-state index in [1.54, 1.807) is 7.11 Å². The smallest absolute Gasteiger partial charge is 0.251 e. The number of carbonyl (C=O) groups is 1. The van der Waals surface area contributed by atoms with E-state index in [0.29, 0.717) is 18.7 Å². The SMILES string of the molecule is COc1ccc(CNC(=O)c2ccc3cnn(Cc4ccc(C)cc4)c3c2)cc1. The molecule has 5 nitrogen and oxygen atoms in total. The molecule has 29 heavy (non-hydrogen) atoms. The van der Waals surface area contributed by atoms with E-state index in [-0.39, 0.29) is 5.91 Å². The summed E-state index contributed by atoms with van der Waals surface area (Å²) in [6.07, 6.45) is 1.84. The highest BCUT2D eigenvalue weighted by Crippen LogP contribution is 2.18. The molecule has 0 atom stereocenters. The number of benzene rings is 3. The lowest BCUT2D eigenvalue weighted by Crippen LogP contribution is -2.22. The maximum Gasteiger partial charge on any atom is 0.251 e. The average molecular weight is 385 g/mol. The van der Waals surface area contributed by atoms with E-state index in [9.17, 15) is 4.79 Å². The van der Waals surface area contributed by atoms with Gasteiger partial charge in [-0.3, -0.25) is 9.48 Å². The Kier molecular flexibility index (Phi) is 5.29. The van der Waals surface area contributed by atoms with E-state index in [0.717, 1.165) is 22.2 Å². The van der Waals surface area contributed by atoms with Crippen molar-refractivity contribution in [1.29, 1.82) is 0 Å². The first-order valence-electron chi connectivity index (χ1n) is 9.54. The first-order valence-corrected chi connectivity index (χ1v) is 9.54. The fourth-order valence-electron chi connectivity index (χ4n) is 3.23. The standard InChI is InChI=1S/C24H23N3O2/c1-17-3-5-19(6-4-17)16-27-23-13-20(9-10-21(23)15-26-27)24(28)25-14-18-7-11-22(29-2)12-8-18/h3-13,15H,14,16H2,1-2H3,(H,25,28). The summed E-state index contributed by atoms with van der Waals surface area (Å²) < 4.78 is 7.09. The van der Waals surface area contributed by atoms with Gasteiger partial charge in [0.2, 0.25) is 0 Å². The van der Waals surface area contributed by atoms with Crippen molar-refractivity contribution in [2.24, 2.45) is 0 Å². The van der Waals surface area contributed by atoms with Crippen LogP contribution in [0.15, 0.2) is 72.9 Å². The normalized spacial score (nSPS) is 10.8. The van der Waals surface area contributed by atoms with Crippen LogP contribution < -0.4 is 10.1 Å². The summed E-state index contributed by atoms with van der Waals surface area (Å²) >= 11 is 0. The zero-order valence-electron chi connectivity index (χ0n) is 16.6. The molecule has 1 heterocycles. The van der Waals surface area contributed by atoms with Gasteiger partial charge in [0, 0.05) is 17.5 Å². The van der Waals surface area contributed by atoms with Gasteiger partial charge >= 0.3 is 0 Å². The number of hydrogen-bond donors (Lipinski definition) is 1.